The average molecular weight is 280 g/mol. The van der Waals surface area contributed by atoms with Crippen molar-refractivity contribution in [3.63, 3.8) is 0 Å². The molecule has 0 spiro atoms. The van der Waals surface area contributed by atoms with Crippen LogP contribution in [0.2, 0.25) is 0 Å². The molecule has 1 atom stereocenters. The Balaban J connectivity index is 2.59. The van der Waals surface area contributed by atoms with E-state index in [9.17, 15) is 9.59 Å². The number of pyridine rings is 1. The summed E-state index contributed by atoms with van der Waals surface area (Å²) < 4.78 is 5.17. The van der Waals surface area contributed by atoms with E-state index in [1.165, 1.54) is 6.07 Å². The summed E-state index contributed by atoms with van der Waals surface area (Å²) in [6.07, 6.45) is 0. The second-order valence-corrected chi connectivity index (χ2v) is 5.44. The molecule has 0 fully saturated rings. The second-order valence-electron chi connectivity index (χ2n) is 5.44. The maximum absolute atomic E-state index is 11.6. The fourth-order valence-corrected chi connectivity index (χ4v) is 1.53. The molecule has 1 rings (SSSR count). The van der Waals surface area contributed by atoms with Crippen LogP contribution in [0.25, 0.3) is 0 Å². The first-order valence-corrected chi connectivity index (χ1v) is 6.34. The lowest BCUT2D eigenvalue weighted by molar-refractivity contribution is -0.153. The first-order valence-electron chi connectivity index (χ1n) is 6.34. The van der Waals surface area contributed by atoms with Gasteiger partial charge in [0, 0.05) is 6.04 Å². The minimum Gasteiger partial charge on any atom is -0.477 e. The number of carboxylic acid groups (broad SMARTS) is 1. The number of esters is 1. The van der Waals surface area contributed by atoms with Gasteiger partial charge in [0.05, 0.1) is 12.2 Å². The van der Waals surface area contributed by atoms with Crippen LogP contribution >= 0.6 is 0 Å². The van der Waals surface area contributed by atoms with Crippen LogP contribution in [0.1, 0.15) is 49.9 Å². The van der Waals surface area contributed by atoms with E-state index in [1.54, 1.807) is 39.8 Å². The van der Waals surface area contributed by atoms with Gasteiger partial charge in [0.1, 0.15) is 11.3 Å². The van der Waals surface area contributed by atoms with Gasteiger partial charge in [-0.25, -0.2) is 9.78 Å². The third-order valence-corrected chi connectivity index (χ3v) is 2.41. The van der Waals surface area contributed by atoms with Crippen molar-refractivity contribution in [3.05, 3.63) is 29.6 Å². The van der Waals surface area contributed by atoms with Gasteiger partial charge in [0.25, 0.3) is 0 Å². The fourth-order valence-electron chi connectivity index (χ4n) is 1.53. The molecule has 0 aromatic carbocycles. The largest absolute Gasteiger partial charge is 0.477 e. The van der Waals surface area contributed by atoms with Crippen molar-refractivity contribution in [1.82, 2.24) is 10.3 Å². The van der Waals surface area contributed by atoms with Crippen molar-refractivity contribution in [2.75, 3.05) is 6.54 Å². The highest BCUT2D eigenvalue weighted by atomic mass is 16.6. The van der Waals surface area contributed by atoms with Crippen LogP contribution in [0, 0.1) is 0 Å². The zero-order chi connectivity index (χ0) is 15.3. The van der Waals surface area contributed by atoms with Crippen molar-refractivity contribution < 1.29 is 19.4 Å². The summed E-state index contributed by atoms with van der Waals surface area (Å²) >= 11 is 0. The van der Waals surface area contributed by atoms with Crippen LogP contribution in [0.15, 0.2) is 18.2 Å². The monoisotopic (exact) mass is 280 g/mol. The molecular weight excluding hydrogens is 260 g/mol. The van der Waals surface area contributed by atoms with E-state index in [-0.39, 0.29) is 24.2 Å². The maximum atomic E-state index is 11.6. The van der Waals surface area contributed by atoms with Crippen LogP contribution < -0.4 is 5.32 Å². The zero-order valence-corrected chi connectivity index (χ0v) is 12.1. The quantitative estimate of drug-likeness (QED) is 0.799. The molecule has 1 unspecified atom stereocenters. The van der Waals surface area contributed by atoms with Crippen LogP contribution in [0.5, 0.6) is 0 Å². The Bertz CT molecular complexity index is 494. The second kappa shape index (κ2) is 6.47. The number of carboxylic acids is 1. The molecule has 1 aromatic rings. The predicted octanol–water partition coefficient (Wildman–Crippen LogP) is 1.77. The molecule has 110 valence electrons. The van der Waals surface area contributed by atoms with Crippen LogP contribution in [0.3, 0.4) is 0 Å². The van der Waals surface area contributed by atoms with E-state index in [4.69, 9.17) is 9.84 Å². The summed E-state index contributed by atoms with van der Waals surface area (Å²) in [5.74, 6) is -1.44. The first-order chi connectivity index (χ1) is 9.19. The third kappa shape index (κ3) is 5.36. The zero-order valence-electron chi connectivity index (χ0n) is 12.1. The maximum Gasteiger partial charge on any atom is 0.354 e. The van der Waals surface area contributed by atoms with Gasteiger partial charge in [-0.3, -0.25) is 10.1 Å². The summed E-state index contributed by atoms with van der Waals surface area (Å²) in [7, 11) is 0. The molecule has 0 saturated carbocycles. The topological polar surface area (TPSA) is 88.5 Å². The van der Waals surface area contributed by atoms with Crippen molar-refractivity contribution in [3.8, 4) is 0 Å². The Morgan fingerprint density at radius 2 is 2.05 bits per heavy atom. The summed E-state index contributed by atoms with van der Waals surface area (Å²) in [6.45, 7) is 7.24. The van der Waals surface area contributed by atoms with E-state index in [1.807, 2.05) is 0 Å². The number of nitrogens with zero attached hydrogens (tertiary/aromatic N) is 1. The highest BCUT2D eigenvalue weighted by Gasteiger charge is 2.17. The van der Waals surface area contributed by atoms with Gasteiger partial charge in [-0.15, -0.1) is 0 Å². The Labute approximate surface area is 118 Å². The molecule has 20 heavy (non-hydrogen) atoms. The molecule has 2 N–H and O–H groups in total. The summed E-state index contributed by atoms with van der Waals surface area (Å²) in [5, 5.41) is 11.8. The van der Waals surface area contributed by atoms with E-state index in [2.05, 4.69) is 10.3 Å². The van der Waals surface area contributed by atoms with Gasteiger partial charge in [-0.05, 0) is 39.8 Å². The van der Waals surface area contributed by atoms with Crippen molar-refractivity contribution in [1.29, 1.82) is 0 Å². The number of aromatic carboxylic acids is 1. The first kappa shape index (κ1) is 16.1. The van der Waals surface area contributed by atoms with Crippen LogP contribution in [-0.2, 0) is 9.53 Å². The summed E-state index contributed by atoms with van der Waals surface area (Å²) in [6, 6.07) is 4.50. The van der Waals surface area contributed by atoms with Crippen molar-refractivity contribution in [2.24, 2.45) is 0 Å². The predicted molar refractivity (Wildman–Crippen MR) is 73.5 cm³/mol. The minimum atomic E-state index is -1.08. The Hall–Kier alpha value is -1.95. The molecule has 1 aromatic heterocycles. The smallest absolute Gasteiger partial charge is 0.354 e. The Kier molecular flexibility index (Phi) is 5.21. The normalized spacial score (nSPS) is 12.8. The van der Waals surface area contributed by atoms with Gasteiger partial charge in [0.15, 0.2) is 0 Å². The lowest BCUT2D eigenvalue weighted by atomic mass is 10.2. The summed E-state index contributed by atoms with van der Waals surface area (Å²) in [4.78, 5) is 26.4. The van der Waals surface area contributed by atoms with Crippen LogP contribution in [0.4, 0.5) is 0 Å². The molecule has 0 radical (unpaired) electrons. The third-order valence-electron chi connectivity index (χ3n) is 2.41. The molecule has 6 nitrogen and oxygen atoms in total. The number of nitrogens with one attached hydrogen (secondary N) is 1. The molecule has 0 saturated heterocycles. The molecule has 1 heterocycles. The number of hydrogen-bond donors (Lipinski definition) is 2. The van der Waals surface area contributed by atoms with Crippen molar-refractivity contribution >= 4 is 11.9 Å². The Morgan fingerprint density at radius 1 is 1.40 bits per heavy atom. The van der Waals surface area contributed by atoms with E-state index in [0.29, 0.717) is 5.69 Å². The highest BCUT2D eigenvalue weighted by molar-refractivity contribution is 5.85. The van der Waals surface area contributed by atoms with Gasteiger partial charge in [-0.2, -0.15) is 0 Å². The lowest BCUT2D eigenvalue weighted by Crippen LogP contribution is -2.33. The Morgan fingerprint density at radius 3 is 2.60 bits per heavy atom. The lowest BCUT2D eigenvalue weighted by Gasteiger charge is -2.20. The van der Waals surface area contributed by atoms with E-state index >= 15 is 0 Å². The van der Waals surface area contributed by atoms with E-state index < -0.39 is 11.6 Å². The molecule has 0 aliphatic rings. The van der Waals surface area contributed by atoms with Gasteiger partial charge in [-0.1, -0.05) is 6.07 Å². The summed E-state index contributed by atoms with van der Waals surface area (Å²) in [5.41, 5.74) is 0.0191. The molecule has 0 bridgehead atoms. The highest BCUT2D eigenvalue weighted by Crippen LogP contribution is 2.11. The van der Waals surface area contributed by atoms with Gasteiger partial charge >= 0.3 is 11.9 Å². The molecule has 0 amide bonds. The van der Waals surface area contributed by atoms with Crippen LogP contribution in [-0.4, -0.2) is 34.2 Å². The van der Waals surface area contributed by atoms with Crippen molar-refractivity contribution in [2.45, 2.75) is 39.3 Å². The molecule has 0 aliphatic carbocycles. The molecular formula is C14H20N2O4. The number of carbonyl (C=O) groups excluding carboxylic acids is 1. The number of aromatic nitrogens is 1. The SMILES string of the molecule is CC(NCC(=O)OC(C)(C)C)c1cccc(C(=O)O)n1. The molecule has 0 aliphatic heterocycles. The van der Waals surface area contributed by atoms with Gasteiger partial charge < -0.3 is 9.84 Å². The molecule has 6 heteroatoms. The minimum absolute atomic E-state index is 0.0200. The van der Waals surface area contributed by atoms with E-state index in [0.717, 1.165) is 0 Å². The average Bonchev–Trinajstić information content (AvgIpc) is 2.34. The standard InChI is InChI=1S/C14H20N2O4/c1-9(15-8-12(17)20-14(2,3)4)10-6-5-7-11(16-10)13(18)19/h5-7,9,15H,8H2,1-4H3,(H,18,19). The number of hydrogen-bond acceptors (Lipinski definition) is 5. The number of rotatable bonds is 5. The number of ether oxygens (including phenoxy) is 1. The number of carbonyl (C=O) groups is 2. The van der Waals surface area contributed by atoms with Gasteiger partial charge in [0.2, 0.25) is 0 Å². The fraction of sp³-hybridized carbons (Fsp3) is 0.500.